The second-order valence-corrected chi connectivity index (χ2v) is 5.17. The Morgan fingerprint density at radius 1 is 1.09 bits per heavy atom. The van der Waals surface area contributed by atoms with Gasteiger partial charge in [0, 0.05) is 23.6 Å². The minimum absolute atomic E-state index is 0.0710. The number of rotatable bonds is 3. The molecule has 0 aliphatic carbocycles. The standard InChI is InChI=1S/C17H16O6/c1-21-13-8-14(22-2)15(20)17-11(13)7-12(19)16(23-17)9-3-5-10(18)6-4-9/h3-6,8,16,18,20H,7H2,1-2H3. The van der Waals surface area contributed by atoms with Crippen molar-refractivity contribution in [2.75, 3.05) is 14.2 Å². The van der Waals surface area contributed by atoms with Crippen molar-refractivity contribution in [3.8, 4) is 28.7 Å². The van der Waals surface area contributed by atoms with Gasteiger partial charge < -0.3 is 24.4 Å². The molecule has 1 aliphatic rings. The van der Waals surface area contributed by atoms with E-state index in [9.17, 15) is 15.0 Å². The summed E-state index contributed by atoms with van der Waals surface area (Å²) in [6, 6.07) is 7.70. The van der Waals surface area contributed by atoms with Crippen LogP contribution in [0.5, 0.6) is 28.7 Å². The second-order valence-electron chi connectivity index (χ2n) is 5.17. The van der Waals surface area contributed by atoms with Crippen LogP contribution in [0.25, 0.3) is 0 Å². The maximum absolute atomic E-state index is 12.4. The molecule has 2 N–H and O–H groups in total. The summed E-state index contributed by atoms with van der Waals surface area (Å²) in [5, 5.41) is 19.7. The highest BCUT2D eigenvalue weighted by Crippen LogP contribution is 2.48. The molecule has 1 unspecified atom stereocenters. The van der Waals surface area contributed by atoms with Crippen molar-refractivity contribution in [3.05, 3.63) is 41.5 Å². The summed E-state index contributed by atoms with van der Waals surface area (Å²) in [4.78, 5) is 12.4. The highest BCUT2D eigenvalue weighted by atomic mass is 16.5. The molecule has 1 aliphatic heterocycles. The molecular formula is C17H16O6. The Kier molecular flexibility index (Phi) is 3.73. The maximum Gasteiger partial charge on any atom is 0.201 e. The zero-order valence-corrected chi connectivity index (χ0v) is 12.7. The van der Waals surface area contributed by atoms with E-state index in [1.807, 2.05) is 0 Å². The van der Waals surface area contributed by atoms with Crippen molar-refractivity contribution in [2.24, 2.45) is 0 Å². The van der Waals surface area contributed by atoms with E-state index in [0.29, 0.717) is 16.9 Å². The van der Waals surface area contributed by atoms with Gasteiger partial charge in [-0.15, -0.1) is 0 Å². The van der Waals surface area contributed by atoms with Gasteiger partial charge in [0.2, 0.25) is 5.75 Å². The van der Waals surface area contributed by atoms with Gasteiger partial charge in [-0.3, -0.25) is 4.79 Å². The Hall–Kier alpha value is -2.89. The van der Waals surface area contributed by atoms with Gasteiger partial charge in [0.15, 0.2) is 23.4 Å². The molecule has 0 spiro atoms. The number of aromatic hydroxyl groups is 2. The highest BCUT2D eigenvalue weighted by Gasteiger charge is 2.34. The van der Waals surface area contributed by atoms with E-state index in [4.69, 9.17) is 14.2 Å². The lowest BCUT2D eigenvalue weighted by Gasteiger charge is -2.27. The number of phenolic OH excluding ortho intramolecular Hbond substituents is 2. The van der Waals surface area contributed by atoms with Crippen molar-refractivity contribution in [3.63, 3.8) is 0 Å². The van der Waals surface area contributed by atoms with E-state index < -0.39 is 6.10 Å². The largest absolute Gasteiger partial charge is 0.508 e. The molecule has 0 fully saturated rings. The molecule has 6 heteroatoms. The number of carbonyl (C=O) groups is 1. The predicted molar refractivity (Wildman–Crippen MR) is 81.4 cm³/mol. The molecule has 1 atom stereocenters. The third kappa shape index (κ3) is 2.52. The first-order valence-corrected chi connectivity index (χ1v) is 7.00. The summed E-state index contributed by atoms with van der Waals surface area (Å²) in [6.07, 6.45) is -0.785. The van der Waals surface area contributed by atoms with Gasteiger partial charge in [0.25, 0.3) is 0 Å². The van der Waals surface area contributed by atoms with Gasteiger partial charge in [-0.05, 0) is 12.1 Å². The van der Waals surface area contributed by atoms with Crippen LogP contribution in [0.4, 0.5) is 0 Å². The fraction of sp³-hybridized carbons (Fsp3) is 0.235. The van der Waals surface area contributed by atoms with Crippen LogP contribution in [-0.2, 0) is 11.2 Å². The molecule has 120 valence electrons. The molecule has 0 bridgehead atoms. The number of phenols is 2. The van der Waals surface area contributed by atoms with E-state index in [1.54, 1.807) is 12.1 Å². The Labute approximate surface area is 132 Å². The van der Waals surface area contributed by atoms with Gasteiger partial charge in [-0.1, -0.05) is 12.1 Å². The Morgan fingerprint density at radius 3 is 2.35 bits per heavy atom. The van der Waals surface area contributed by atoms with Crippen LogP contribution in [0.2, 0.25) is 0 Å². The van der Waals surface area contributed by atoms with E-state index in [1.165, 1.54) is 32.4 Å². The zero-order chi connectivity index (χ0) is 16.6. The number of benzene rings is 2. The lowest BCUT2D eigenvalue weighted by atomic mass is 9.95. The Balaban J connectivity index is 2.07. The van der Waals surface area contributed by atoms with E-state index in [-0.39, 0.29) is 35.2 Å². The van der Waals surface area contributed by atoms with Crippen molar-refractivity contribution in [1.82, 2.24) is 0 Å². The van der Waals surface area contributed by atoms with Crippen LogP contribution >= 0.6 is 0 Å². The summed E-state index contributed by atoms with van der Waals surface area (Å²) in [7, 11) is 2.90. The first-order valence-electron chi connectivity index (χ1n) is 7.00. The second kappa shape index (κ2) is 5.72. The smallest absolute Gasteiger partial charge is 0.201 e. The third-order valence-corrected chi connectivity index (χ3v) is 3.80. The van der Waals surface area contributed by atoms with E-state index >= 15 is 0 Å². The molecule has 0 amide bonds. The normalized spacial score (nSPS) is 16.4. The van der Waals surface area contributed by atoms with Crippen LogP contribution in [-0.4, -0.2) is 30.2 Å². The van der Waals surface area contributed by atoms with Crippen molar-refractivity contribution in [2.45, 2.75) is 12.5 Å². The molecule has 0 saturated carbocycles. The summed E-state index contributed by atoms with van der Waals surface area (Å²) in [6.45, 7) is 0. The average Bonchev–Trinajstić information content (AvgIpc) is 2.56. The molecule has 23 heavy (non-hydrogen) atoms. The molecule has 6 nitrogen and oxygen atoms in total. The lowest BCUT2D eigenvalue weighted by molar-refractivity contribution is -0.126. The Bertz CT molecular complexity index is 751. The van der Waals surface area contributed by atoms with Crippen molar-refractivity contribution >= 4 is 5.78 Å². The number of ether oxygens (including phenoxy) is 3. The summed E-state index contributed by atoms with van der Waals surface area (Å²) in [5.41, 5.74) is 1.09. The molecule has 0 aromatic heterocycles. The SMILES string of the molecule is COc1cc(OC)c2c(c1O)OC(c1ccc(O)cc1)C(=O)C2. The van der Waals surface area contributed by atoms with Crippen molar-refractivity contribution < 1.29 is 29.2 Å². The van der Waals surface area contributed by atoms with E-state index in [0.717, 1.165) is 0 Å². The number of ketones is 1. The maximum atomic E-state index is 12.4. The topological polar surface area (TPSA) is 85.2 Å². The van der Waals surface area contributed by atoms with Crippen LogP contribution in [0.3, 0.4) is 0 Å². The van der Waals surface area contributed by atoms with Crippen LogP contribution in [0.15, 0.2) is 30.3 Å². The Morgan fingerprint density at radius 2 is 1.74 bits per heavy atom. The molecule has 2 aromatic rings. The number of methoxy groups -OCH3 is 2. The lowest BCUT2D eigenvalue weighted by Crippen LogP contribution is -2.26. The number of carbonyl (C=O) groups excluding carboxylic acids is 1. The number of Topliss-reactive ketones (excluding diaryl/α,β-unsaturated/α-hetero) is 1. The van der Waals surface area contributed by atoms with Crippen LogP contribution in [0, 0.1) is 0 Å². The number of hydrogen-bond acceptors (Lipinski definition) is 6. The highest BCUT2D eigenvalue weighted by molar-refractivity contribution is 5.90. The van der Waals surface area contributed by atoms with Crippen molar-refractivity contribution in [1.29, 1.82) is 0 Å². The first-order chi connectivity index (χ1) is 11.0. The molecular weight excluding hydrogens is 300 g/mol. The quantitative estimate of drug-likeness (QED) is 0.904. The number of fused-ring (bicyclic) bond motifs is 1. The average molecular weight is 316 g/mol. The summed E-state index contributed by atoms with van der Waals surface area (Å²) >= 11 is 0. The van der Waals surface area contributed by atoms with E-state index in [2.05, 4.69) is 0 Å². The molecule has 0 saturated heterocycles. The van der Waals surface area contributed by atoms with Crippen LogP contribution < -0.4 is 14.2 Å². The predicted octanol–water partition coefficient (Wildman–Crippen LogP) is 2.36. The van der Waals surface area contributed by atoms with Gasteiger partial charge in [-0.2, -0.15) is 0 Å². The van der Waals surface area contributed by atoms with Gasteiger partial charge in [0.05, 0.1) is 14.2 Å². The molecule has 0 radical (unpaired) electrons. The minimum atomic E-state index is -0.856. The van der Waals surface area contributed by atoms with Gasteiger partial charge >= 0.3 is 0 Å². The fourth-order valence-electron chi connectivity index (χ4n) is 2.63. The van der Waals surface area contributed by atoms with Crippen LogP contribution in [0.1, 0.15) is 17.2 Å². The van der Waals surface area contributed by atoms with Gasteiger partial charge in [0.1, 0.15) is 11.5 Å². The first kappa shape index (κ1) is 15.0. The molecule has 2 aromatic carbocycles. The van der Waals surface area contributed by atoms with Gasteiger partial charge in [-0.25, -0.2) is 0 Å². The molecule has 3 rings (SSSR count). The number of hydrogen-bond donors (Lipinski definition) is 2. The third-order valence-electron chi connectivity index (χ3n) is 3.80. The summed E-state index contributed by atoms with van der Waals surface area (Å²) in [5.74, 6) is 0.583. The monoisotopic (exact) mass is 316 g/mol. The minimum Gasteiger partial charge on any atom is -0.508 e. The molecule has 1 heterocycles. The fourth-order valence-corrected chi connectivity index (χ4v) is 2.63. The zero-order valence-electron chi connectivity index (χ0n) is 12.7. The summed E-state index contributed by atoms with van der Waals surface area (Å²) < 4.78 is 16.1.